The van der Waals surface area contributed by atoms with E-state index in [2.05, 4.69) is 10.6 Å². The quantitative estimate of drug-likeness (QED) is 0.777. The van der Waals surface area contributed by atoms with E-state index in [1.807, 2.05) is 38.1 Å². The van der Waals surface area contributed by atoms with E-state index in [1.165, 1.54) is 0 Å². The van der Waals surface area contributed by atoms with E-state index in [-0.39, 0.29) is 24.9 Å². The Morgan fingerprint density at radius 1 is 0.962 bits per heavy atom. The second kappa shape index (κ2) is 9.36. The van der Waals surface area contributed by atoms with Crippen LogP contribution in [0.2, 0.25) is 5.02 Å². The molecule has 0 heterocycles. The average Bonchev–Trinajstić information content (AvgIpc) is 2.59. The number of likely N-dealkylation sites (N-methyl/N-ethyl adjacent to an activating group) is 1. The number of benzene rings is 2. The molecule has 0 bridgehead atoms. The number of carbonyl (C=O) groups excluding carboxylic acids is 2. The largest absolute Gasteiger partial charge is 0.325 e. The molecule has 0 aromatic heterocycles. The van der Waals surface area contributed by atoms with E-state index in [0.29, 0.717) is 10.7 Å². The highest BCUT2D eigenvalue weighted by molar-refractivity contribution is 6.31. The van der Waals surface area contributed by atoms with Gasteiger partial charge in [0.05, 0.1) is 13.1 Å². The first kappa shape index (κ1) is 19.9. The molecule has 5 nitrogen and oxygen atoms in total. The first-order chi connectivity index (χ1) is 12.4. The van der Waals surface area contributed by atoms with Crippen molar-refractivity contribution in [2.75, 3.05) is 30.8 Å². The molecule has 0 unspecified atom stereocenters. The third-order valence-electron chi connectivity index (χ3n) is 4.04. The van der Waals surface area contributed by atoms with Crippen molar-refractivity contribution in [3.63, 3.8) is 0 Å². The van der Waals surface area contributed by atoms with Gasteiger partial charge >= 0.3 is 0 Å². The minimum atomic E-state index is -0.195. The van der Waals surface area contributed by atoms with Crippen molar-refractivity contribution in [2.45, 2.75) is 20.3 Å². The van der Waals surface area contributed by atoms with Crippen LogP contribution in [0.4, 0.5) is 11.4 Å². The fourth-order valence-corrected chi connectivity index (χ4v) is 2.79. The number of aryl methyl sites for hydroxylation is 1. The Bertz CT molecular complexity index is 792. The minimum absolute atomic E-state index is 0.106. The summed E-state index contributed by atoms with van der Waals surface area (Å²) in [5.41, 5.74) is 3.39. The predicted molar refractivity (Wildman–Crippen MR) is 107 cm³/mol. The summed E-state index contributed by atoms with van der Waals surface area (Å²) in [5.74, 6) is -0.347. The summed E-state index contributed by atoms with van der Waals surface area (Å²) in [6.07, 6.45) is 0.841. The maximum Gasteiger partial charge on any atom is 0.238 e. The fraction of sp³-hybridized carbons (Fsp3) is 0.300. The zero-order chi connectivity index (χ0) is 19.1. The second-order valence-electron chi connectivity index (χ2n) is 6.19. The molecule has 2 aromatic carbocycles. The van der Waals surface area contributed by atoms with Gasteiger partial charge in [0.2, 0.25) is 11.8 Å². The topological polar surface area (TPSA) is 61.4 Å². The number of para-hydroxylation sites is 1. The SMILES string of the molecule is CCc1ccccc1NC(=O)CN(C)CC(=O)Nc1cccc(Cl)c1C. The molecule has 0 aliphatic rings. The fourth-order valence-electron chi connectivity index (χ4n) is 2.62. The van der Waals surface area contributed by atoms with Gasteiger partial charge in [-0.2, -0.15) is 0 Å². The van der Waals surface area contributed by atoms with Gasteiger partial charge in [-0.25, -0.2) is 0 Å². The minimum Gasteiger partial charge on any atom is -0.325 e. The molecule has 26 heavy (non-hydrogen) atoms. The van der Waals surface area contributed by atoms with Crippen LogP contribution >= 0.6 is 11.6 Å². The molecule has 2 aromatic rings. The van der Waals surface area contributed by atoms with Crippen molar-refractivity contribution >= 4 is 34.8 Å². The molecule has 0 radical (unpaired) electrons. The van der Waals surface area contributed by atoms with Crippen LogP contribution in [0.3, 0.4) is 0 Å². The molecule has 0 fully saturated rings. The molecule has 2 amide bonds. The number of anilines is 2. The third-order valence-corrected chi connectivity index (χ3v) is 4.45. The van der Waals surface area contributed by atoms with Crippen LogP contribution in [0.5, 0.6) is 0 Å². The number of nitrogens with one attached hydrogen (secondary N) is 2. The smallest absolute Gasteiger partial charge is 0.238 e. The molecule has 0 saturated heterocycles. The maximum atomic E-state index is 12.2. The highest BCUT2D eigenvalue weighted by Gasteiger charge is 2.13. The molecule has 6 heteroatoms. The van der Waals surface area contributed by atoms with E-state index >= 15 is 0 Å². The van der Waals surface area contributed by atoms with E-state index in [4.69, 9.17) is 11.6 Å². The van der Waals surface area contributed by atoms with Gasteiger partial charge < -0.3 is 10.6 Å². The Morgan fingerprint density at radius 3 is 2.19 bits per heavy atom. The van der Waals surface area contributed by atoms with Gasteiger partial charge in [-0.3, -0.25) is 14.5 Å². The lowest BCUT2D eigenvalue weighted by molar-refractivity contribution is -0.119. The molecular weight excluding hydrogens is 350 g/mol. The van der Waals surface area contributed by atoms with Crippen LogP contribution in [-0.2, 0) is 16.0 Å². The molecule has 138 valence electrons. The first-order valence-electron chi connectivity index (χ1n) is 8.52. The Labute approximate surface area is 159 Å². The number of rotatable bonds is 7. The Balaban J connectivity index is 1.87. The molecule has 0 saturated carbocycles. The van der Waals surface area contributed by atoms with Gasteiger partial charge in [0.15, 0.2) is 0 Å². The second-order valence-corrected chi connectivity index (χ2v) is 6.60. The average molecular weight is 374 g/mol. The van der Waals surface area contributed by atoms with Gasteiger partial charge in [0, 0.05) is 16.4 Å². The molecule has 0 atom stereocenters. The van der Waals surface area contributed by atoms with Crippen LogP contribution in [0, 0.1) is 6.92 Å². The standard InChI is InChI=1S/C20H24ClN3O2/c1-4-15-8-5-6-10-18(15)23-20(26)13-24(3)12-19(25)22-17-11-7-9-16(21)14(17)2/h5-11H,4,12-13H2,1-3H3,(H,22,25)(H,23,26). The van der Waals surface area contributed by atoms with Crippen LogP contribution in [0.25, 0.3) is 0 Å². The number of carbonyl (C=O) groups is 2. The normalized spacial score (nSPS) is 10.7. The summed E-state index contributed by atoms with van der Waals surface area (Å²) >= 11 is 6.06. The van der Waals surface area contributed by atoms with Crippen LogP contribution in [-0.4, -0.2) is 36.9 Å². The lowest BCUT2D eigenvalue weighted by Gasteiger charge is -2.17. The van der Waals surface area contributed by atoms with Gasteiger partial charge in [-0.1, -0.05) is 42.8 Å². The van der Waals surface area contributed by atoms with Gasteiger partial charge in [-0.15, -0.1) is 0 Å². The summed E-state index contributed by atoms with van der Waals surface area (Å²) in [4.78, 5) is 26.1. The lowest BCUT2D eigenvalue weighted by Crippen LogP contribution is -2.36. The van der Waals surface area contributed by atoms with Crippen molar-refractivity contribution in [1.82, 2.24) is 4.90 Å². The van der Waals surface area contributed by atoms with E-state index in [0.717, 1.165) is 23.2 Å². The van der Waals surface area contributed by atoms with Crippen molar-refractivity contribution in [1.29, 1.82) is 0 Å². The number of hydrogen-bond donors (Lipinski definition) is 2. The van der Waals surface area contributed by atoms with Crippen LogP contribution in [0.1, 0.15) is 18.1 Å². The molecule has 2 N–H and O–H groups in total. The number of amides is 2. The first-order valence-corrected chi connectivity index (χ1v) is 8.89. The number of nitrogens with zero attached hydrogens (tertiary/aromatic N) is 1. The molecule has 0 spiro atoms. The molecule has 0 aliphatic carbocycles. The zero-order valence-electron chi connectivity index (χ0n) is 15.3. The van der Waals surface area contributed by atoms with Gasteiger partial charge in [0.1, 0.15) is 0 Å². The summed E-state index contributed by atoms with van der Waals surface area (Å²) < 4.78 is 0. The highest BCUT2D eigenvalue weighted by Crippen LogP contribution is 2.22. The number of halogens is 1. The third kappa shape index (κ3) is 5.58. The van der Waals surface area contributed by atoms with E-state index in [1.54, 1.807) is 30.1 Å². The summed E-state index contributed by atoms with van der Waals surface area (Å²) in [6, 6.07) is 13.1. The number of hydrogen-bond acceptors (Lipinski definition) is 3. The van der Waals surface area contributed by atoms with Gasteiger partial charge in [-0.05, 0) is 49.7 Å². The summed E-state index contributed by atoms with van der Waals surface area (Å²) in [7, 11) is 1.73. The van der Waals surface area contributed by atoms with E-state index in [9.17, 15) is 9.59 Å². The lowest BCUT2D eigenvalue weighted by atomic mass is 10.1. The molecular formula is C20H24ClN3O2. The van der Waals surface area contributed by atoms with Gasteiger partial charge in [0.25, 0.3) is 0 Å². The van der Waals surface area contributed by atoms with Crippen molar-refractivity contribution in [2.24, 2.45) is 0 Å². The van der Waals surface area contributed by atoms with Crippen molar-refractivity contribution in [3.05, 3.63) is 58.6 Å². The summed E-state index contributed by atoms with van der Waals surface area (Å²) in [6.45, 7) is 4.12. The summed E-state index contributed by atoms with van der Waals surface area (Å²) in [5, 5.41) is 6.33. The van der Waals surface area contributed by atoms with Crippen LogP contribution < -0.4 is 10.6 Å². The highest BCUT2D eigenvalue weighted by atomic mass is 35.5. The van der Waals surface area contributed by atoms with Crippen molar-refractivity contribution in [3.8, 4) is 0 Å². The Kier molecular flexibility index (Phi) is 7.18. The molecule has 2 rings (SSSR count). The van der Waals surface area contributed by atoms with E-state index < -0.39 is 0 Å². The Hall–Kier alpha value is -2.37. The van der Waals surface area contributed by atoms with Crippen LogP contribution in [0.15, 0.2) is 42.5 Å². The monoisotopic (exact) mass is 373 g/mol. The predicted octanol–water partition coefficient (Wildman–Crippen LogP) is 3.72. The zero-order valence-corrected chi connectivity index (χ0v) is 16.1. The maximum absolute atomic E-state index is 12.2. The Morgan fingerprint density at radius 2 is 1.54 bits per heavy atom. The van der Waals surface area contributed by atoms with Crippen molar-refractivity contribution < 1.29 is 9.59 Å². The molecule has 0 aliphatic heterocycles.